The molecule has 3 aromatic rings. The van der Waals surface area contributed by atoms with Crippen LogP contribution in [-0.2, 0) is 12.8 Å². The molecule has 0 aliphatic rings. The van der Waals surface area contributed by atoms with E-state index in [1.165, 1.54) is 16.7 Å². The van der Waals surface area contributed by atoms with Gasteiger partial charge in [0.1, 0.15) is 0 Å². The van der Waals surface area contributed by atoms with Crippen molar-refractivity contribution in [2.45, 2.75) is 24.8 Å². The summed E-state index contributed by atoms with van der Waals surface area (Å²) in [5, 5.41) is 1.42. The highest BCUT2D eigenvalue weighted by Gasteiger charge is 2.09. The summed E-state index contributed by atoms with van der Waals surface area (Å²) in [5.41, 5.74) is 4.57. The zero-order chi connectivity index (χ0) is 15.7. The van der Waals surface area contributed by atoms with Gasteiger partial charge in [0.15, 0.2) is 5.16 Å². The van der Waals surface area contributed by atoms with E-state index in [9.17, 15) is 4.79 Å². The minimum Gasteiger partial charge on any atom is -0.290 e. The fourth-order valence-electron chi connectivity index (χ4n) is 2.42. The Bertz CT molecular complexity index is 899. The van der Waals surface area contributed by atoms with Crippen molar-refractivity contribution >= 4 is 22.7 Å². The van der Waals surface area contributed by atoms with E-state index in [2.05, 4.69) is 37.0 Å². The first-order valence-corrected chi connectivity index (χ1v) is 8.19. The third-order valence-electron chi connectivity index (χ3n) is 3.80. The Labute approximate surface area is 134 Å². The molecule has 0 saturated heterocycles. The van der Waals surface area contributed by atoms with E-state index >= 15 is 0 Å². The predicted molar refractivity (Wildman–Crippen MR) is 92.5 cm³/mol. The molecule has 2 aromatic carbocycles. The number of thioether (sulfide) groups is 1. The lowest BCUT2D eigenvalue weighted by Gasteiger charge is -2.10. The quantitative estimate of drug-likeness (QED) is 0.544. The van der Waals surface area contributed by atoms with Crippen LogP contribution in [-0.4, -0.2) is 9.55 Å². The van der Waals surface area contributed by atoms with Crippen molar-refractivity contribution in [3.8, 4) is 0 Å². The molecule has 0 atom stereocenters. The van der Waals surface area contributed by atoms with Gasteiger partial charge in [0.25, 0.3) is 5.56 Å². The van der Waals surface area contributed by atoms with Crippen molar-refractivity contribution in [1.82, 2.24) is 9.55 Å². The molecule has 0 bridgehead atoms. The lowest BCUT2D eigenvalue weighted by atomic mass is 10.1. The van der Waals surface area contributed by atoms with E-state index in [4.69, 9.17) is 0 Å². The lowest BCUT2D eigenvalue weighted by molar-refractivity contribution is 0.726. The number of para-hydroxylation sites is 1. The molecule has 1 heterocycles. The molecule has 112 valence electrons. The second-order valence-electron chi connectivity index (χ2n) is 5.49. The van der Waals surface area contributed by atoms with Crippen LogP contribution < -0.4 is 5.56 Å². The van der Waals surface area contributed by atoms with Crippen LogP contribution in [0.15, 0.2) is 52.4 Å². The van der Waals surface area contributed by atoms with Crippen LogP contribution in [0.4, 0.5) is 0 Å². The van der Waals surface area contributed by atoms with Gasteiger partial charge in [0, 0.05) is 12.8 Å². The van der Waals surface area contributed by atoms with Gasteiger partial charge in [-0.3, -0.25) is 9.36 Å². The van der Waals surface area contributed by atoms with Crippen LogP contribution in [0, 0.1) is 13.8 Å². The number of aromatic nitrogens is 2. The van der Waals surface area contributed by atoms with Gasteiger partial charge in [-0.05, 0) is 37.1 Å². The summed E-state index contributed by atoms with van der Waals surface area (Å²) in [6, 6.07) is 13.9. The molecule has 0 amide bonds. The van der Waals surface area contributed by atoms with Crippen LogP contribution in [0.25, 0.3) is 10.9 Å². The number of aryl methyl sites for hydroxylation is 2. The first kappa shape index (κ1) is 14.9. The first-order chi connectivity index (χ1) is 10.6. The standard InChI is InChI=1S/C18H18N2OS/c1-12-8-9-13(2)14(10-12)11-22-18-19-16-7-5-4-6-15(16)17(21)20(18)3/h4-10H,11H2,1-3H3. The molecule has 4 heteroatoms. The van der Waals surface area contributed by atoms with Crippen molar-refractivity contribution in [2.24, 2.45) is 7.05 Å². The maximum absolute atomic E-state index is 12.4. The van der Waals surface area contributed by atoms with E-state index in [1.54, 1.807) is 23.4 Å². The summed E-state index contributed by atoms with van der Waals surface area (Å²) < 4.78 is 1.64. The molecule has 22 heavy (non-hydrogen) atoms. The highest BCUT2D eigenvalue weighted by Crippen LogP contribution is 2.23. The van der Waals surface area contributed by atoms with E-state index in [0.29, 0.717) is 5.39 Å². The fourth-order valence-corrected chi connectivity index (χ4v) is 3.46. The van der Waals surface area contributed by atoms with Crippen molar-refractivity contribution in [2.75, 3.05) is 0 Å². The SMILES string of the molecule is Cc1ccc(C)c(CSc2nc3ccccc3c(=O)n2C)c1. The number of nitrogens with zero attached hydrogens (tertiary/aromatic N) is 2. The second kappa shape index (κ2) is 5.97. The minimum atomic E-state index is 0.00839. The third kappa shape index (κ3) is 2.79. The highest BCUT2D eigenvalue weighted by molar-refractivity contribution is 7.98. The number of benzene rings is 2. The monoisotopic (exact) mass is 310 g/mol. The molecule has 3 rings (SSSR count). The Morgan fingerprint density at radius 1 is 1.14 bits per heavy atom. The average Bonchev–Trinajstić information content (AvgIpc) is 2.52. The van der Waals surface area contributed by atoms with E-state index in [1.807, 2.05) is 24.3 Å². The van der Waals surface area contributed by atoms with Gasteiger partial charge in [-0.2, -0.15) is 0 Å². The maximum Gasteiger partial charge on any atom is 0.261 e. The second-order valence-corrected chi connectivity index (χ2v) is 6.44. The van der Waals surface area contributed by atoms with E-state index < -0.39 is 0 Å². The summed E-state index contributed by atoms with van der Waals surface area (Å²) in [5.74, 6) is 0.812. The zero-order valence-corrected chi connectivity index (χ0v) is 13.8. The number of hydrogen-bond donors (Lipinski definition) is 0. The molecular formula is C18H18N2OS. The Morgan fingerprint density at radius 3 is 2.73 bits per heavy atom. The molecule has 0 spiro atoms. The first-order valence-electron chi connectivity index (χ1n) is 7.21. The van der Waals surface area contributed by atoms with Crippen molar-refractivity contribution in [3.05, 3.63) is 69.5 Å². The summed E-state index contributed by atoms with van der Waals surface area (Å²) >= 11 is 1.60. The molecule has 0 aliphatic carbocycles. The average molecular weight is 310 g/mol. The Balaban J connectivity index is 1.96. The largest absolute Gasteiger partial charge is 0.290 e. The summed E-state index contributed by atoms with van der Waals surface area (Å²) in [6.07, 6.45) is 0. The van der Waals surface area contributed by atoms with Gasteiger partial charge in [0.05, 0.1) is 10.9 Å². The number of hydrogen-bond acceptors (Lipinski definition) is 3. The zero-order valence-electron chi connectivity index (χ0n) is 13.0. The maximum atomic E-state index is 12.4. The molecule has 3 nitrogen and oxygen atoms in total. The molecule has 0 aliphatic heterocycles. The van der Waals surface area contributed by atoms with Crippen LogP contribution in [0.1, 0.15) is 16.7 Å². The van der Waals surface area contributed by atoms with Gasteiger partial charge in [0.2, 0.25) is 0 Å². The Morgan fingerprint density at radius 2 is 1.91 bits per heavy atom. The van der Waals surface area contributed by atoms with Crippen molar-refractivity contribution in [3.63, 3.8) is 0 Å². The molecular weight excluding hydrogens is 292 g/mol. The van der Waals surface area contributed by atoms with E-state index in [0.717, 1.165) is 16.4 Å². The van der Waals surface area contributed by atoms with Crippen LogP contribution in [0.5, 0.6) is 0 Å². The number of rotatable bonds is 3. The Kier molecular flexibility index (Phi) is 4.03. The molecule has 0 fully saturated rings. The molecule has 0 N–H and O–H groups in total. The lowest BCUT2D eigenvalue weighted by Crippen LogP contribution is -2.19. The van der Waals surface area contributed by atoms with Crippen LogP contribution >= 0.6 is 11.8 Å². The van der Waals surface area contributed by atoms with Gasteiger partial charge in [-0.15, -0.1) is 0 Å². The molecule has 0 unspecified atom stereocenters. The van der Waals surface area contributed by atoms with Gasteiger partial charge >= 0.3 is 0 Å². The summed E-state index contributed by atoms with van der Waals surface area (Å²) in [4.78, 5) is 17.0. The van der Waals surface area contributed by atoms with Crippen molar-refractivity contribution < 1.29 is 0 Å². The van der Waals surface area contributed by atoms with Gasteiger partial charge in [-0.25, -0.2) is 4.98 Å². The normalized spacial score (nSPS) is 11.0. The third-order valence-corrected chi connectivity index (χ3v) is 4.88. The summed E-state index contributed by atoms with van der Waals surface area (Å²) in [6.45, 7) is 4.21. The summed E-state index contributed by atoms with van der Waals surface area (Å²) in [7, 11) is 1.78. The Hall–Kier alpha value is -2.07. The topological polar surface area (TPSA) is 34.9 Å². The van der Waals surface area contributed by atoms with Crippen LogP contribution in [0.3, 0.4) is 0 Å². The smallest absolute Gasteiger partial charge is 0.261 e. The molecule has 0 radical (unpaired) electrons. The minimum absolute atomic E-state index is 0.00839. The van der Waals surface area contributed by atoms with Crippen molar-refractivity contribution in [1.29, 1.82) is 0 Å². The van der Waals surface area contributed by atoms with Gasteiger partial charge < -0.3 is 0 Å². The fraction of sp³-hybridized carbons (Fsp3) is 0.222. The van der Waals surface area contributed by atoms with Gasteiger partial charge in [-0.1, -0.05) is 47.7 Å². The number of fused-ring (bicyclic) bond motifs is 1. The van der Waals surface area contributed by atoms with Crippen LogP contribution in [0.2, 0.25) is 0 Å². The highest BCUT2D eigenvalue weighted by atomic mass is 32.2. The molecule has 0 saturated carbocycles. The van der Waals surface area contributed by atoms with E-state index in [-0.39, 0.29) is 5.56 Å². The predicted octanol–water partition coefficient (Wildman–Crippen LogP) is 3.84. The molecule has 1 aromatic heterocycles.